The smallest absolute Gasteiger partial charge is 0.209 e. The molecule has 2 rings (SSSR count). The largest absolute Gasteiger partial charge is 0.493 e. The summed E-state index contributed by atoms with van der Waals surface area (Å²) in [6.45, 7) is 5.88. The molecule has 1 aromatic carbocycles. The van der Waals surface area contributed by atoms with Gasteiger partial charge in [0.15, 0.2) is 0 Å². The topological polar surface area (TPSA) is 67.4 Å². The first-order chi connectivity index (χ1) is 9.77. The maximum atomic E-state index is 11.3. The average molecular weight is 312 g/mol. The van der Waals surface area contributed by atoms with Gasteiger partial charge < -0.3 is 10.1 Å². The number of ether oxygens (including phenoxy) is 1. The van der Waals surface area contributed by atoms with E-state index in [2.05, 4.69) is 16.1 Å². The first kappa shape index (κ1) is 16.3. The molecule has 2 N–H and O–H groups in total. The summed E-state index contributed by atoms with van der Waals surface area (Å²) >= 11 is 0. The first-order valence-corrected chi connectivity index (χ1v) is 9.07. The van der Waals surface area contributed by atoms with Gasteiger partial charge in [-0.3, -0.25) is 0 Å². The summed E-state index contributed by atoms with van der Waals surface area (Å²) in [4.78, 5) is 0. The first-order valence-electron chi connectivity index (χ1n) is 7.18. The zero-order valence-corrected chi connectivity index (χ0v) is 13.7. The van der Waals surface area contributed by atoms with Crippen LogP contribution in [0.15, 0.2) is 24.3 Å². The van der Waals surface area contributed by atoms with Crippen LogP contribution in [0, 0.1) is 0 Å². The lowest BCUT2D eigenvalue weighted by atomic mass is 9.93. The molecule has 0 fully saturated rings. The molecule has 1 aliphatic heterocycles. The van der Waals surface area contributed by atoms with Crippen LogP contribution in [0.2, 0.25) is 0 Å². The van der Waals surface area contributed by atoms with Crippen LogP contribution in [0.3, 0.4) is 0 Å². The molecule has 6 heteroatoms. The van der Waals surface area contributed by atoms with Crippen molar-refractivity contribution in [2.75, 3.05) is 26.0 Å². The molecule has 0 saturated heterocycles. The van der Waals surface area contributed by atoms with E-state index in [1.807, 2.05) is 32.0 Å². The van der Waals surface area contributed by atoms with Crippen molar-refractivity contribution in [3.8, 4) is 5.75 Å². The molecule has 0 bridgehead atoms. The van der Waals surface area contributed by atoms with Gasteiger partial charge in [-0.2, -0.15) is 0 Å². The highest BCUT2D eigenvalue weighted by atomic mass is 32.2. The summed E-state index contributed by atoms with van der Waals surface area (Å²) in [7, 11) is -3.20. The van der Waals surface area contributed by atoms with Crippen LogP contribution >= 0.6 is 0 Å². The Labute approximate surface area is 127 Å². The SMILES string of the molecule is CC(C)(CNCC1CCOc2ccccc21)NS(C)(=O)=O. The number of hydrogen-bond acceptors (Lipinski definition) is 4. The summed E-state index contributed by atoms with van der Waals surface area (Å²) in [6.07, 6.45) is 2.16. The van der Waals surface area contributed by atoms with E-state index >= 15 is 0 Å². The maximum Gasteiger partial charge on any atom is 0.209 e. The van der Waals surface area contributed by atoms with Crippen molar-refractivity contribution in [3.05, 3.63) is 29.8 Å². The molecule has 118 valence electrons. The van der Waals surface area contributed by atoms with Gasteiger partial charge in [0.25, 0.3) is 0 Å². The van der Waals surface area contributed by atoms with Gasteiger partial charge >= 0.3 is 0 Å². The van der Waals surface area contributed by atoms with Crippen molar-refractivity contribution in [2.24, 2.45) is 0 Å². The molecule has 0 aliphatic carbocycles. The molecule has 0 amide bonds. The fraction of sp³-hybridized carbons (Fsp3) is 0.600. The van der Waals surface area contributed by atoms with Crippen LogP contribution in [-0.2, 0) is 10.0 Å². The second-order valence-corrected chi connectivity index (χ2v) is 8.01. The van der Waals surface area contributed by atoms with Crippen molar-refractivity contribution in [2.45, 2.75) is 31.7 Å². The van der Waals surface area contributed by atoms with E-state index in [0.29, 0.717) is 12.5 Å². The van der Waals surface area contributed by atoms with Crippen LogP contribution in [0.5, 0.6) is 5.75 Å². The zero-order chi connectivity index (χ0) is 15.5. The molecule has 1 aromatic rings. The Hall–Kier alpha value is -1.11. The number of sulfonamides is 1. The monoisotopic (exact) mass is 312 g/mol. The molecule has 5 nitrogen and oxygen atoms in total. The minimum Gasteiger partial charge on any atom is -0.493 e. The second kappa shape index (κ2) is 6.34. The number of benzene rings is 1. The minimum atomic E-state index is -3.20. The van der Waals surface area contributed by atoms with E-state index in [4.69, 9.17) is 4.74 Å². The predicted octanol–water partition coefficient (Wildman–Crippen LogP) is 1.47. The van der Waals surface area contributed by atoms with Gasteiger partial charge in [-0.1, -0.05) is 18.2 Å². The summed E-state index contributed by atoms with van der Waals surface area (Å²) in [5, 5.41) is 3.38. The number of rotatable bonds is 6. The quantitative estimate of drug-likeness (QED) is 0.835. The summed E-state index contributed by atoms with van der Waals surface area (Å²) in [5.74, 6) is 1.37. The Kier molecular flexibility index (Phi) is 4.91. The van der Waals surface area contributed by atoms with Crippen molar-refractivity contribution in [3.63, 3.8) is 0 Å². The van der Waals surface area contributed by atoms with Gasteiger partial charge in [0.1, 0.15) is 5.75 Å². The van der Waals surface area contributed by atoms with E-state index < -0.39 is 15.6 Å². The normalized spacial score (nSPS) is 18.9. The van der Waals surface area contributed by atoms with Gasteiger partial charge in [-0.25, -0.2) is 13.1 Å². The number of nitrogens with one attached hydrogen (secondary N) is 2. The standard InChI is InChI=1S/C15H24N2O3S/c1-15(2,17-21(3,18)19)11-16-10-12-8-9-20-14-7-5-4-6-13(12)14/h4-7,12,16-17H,8-11H2,1-3H3. The molecule has 0 spiro atoms. The van der Waals surface area contributed by atoms with Crippen LogP contribution in [-0.4, -0.2) is 39.9 Å². The molecule has 1 atom stereocenters. The third kappa shape index (κ3) is 4.98. The molecular formula is C15H24N2O3S. The van der Waals surface area contributed by atoms with Gasteiger partial charge in [0.2, 0.25) is 10.0 Å². The minimum absolute atomic E-state index is 0.406. The molecule has 1 heterocycles. The van der Waals surface area contributed by atoms with Gasteiger partial charge in [0, 0.05) is 24.5 Å². The van der Waals surface area contributed by atoms with Gasteiger partial charge in [-0.05, 0) is 31.9 Å². The predicted molar refractivity (Wildman–Crippen MR) is 84.2 cm³/mol. The molecule has 1 unspecified atom stereocenters. The maximum absolute atomic E-state index is 11.3. The van der Waals surface area contributed by atoms with E-state index in [-0.39, 0.29) is 0 Å². The number of hydrogen-bond donors (Lipinski definition) is 2. The Balaban J connectivity index is 1.90. The molecule has 0 aromatic heterocycles. The van der Waals surface area contributed by atoms with Crippen LogP contribution in [0.4, 0.5) is 0 Å². The van der Waals surface area contributed by atoms with E-state index in [1.54, 1.807) is 0 Å². The number of para-hydroxylation sites is 1. The Bertz CT molecular complexity index is 584. The summed E-state index contributed by atoms with van der Waals surface area (Å²) in [6, 6.07) is 8.10. The van der Waals surface area contributed by atoms with Gasteiger partial charge in [-0.15, -0.1) is 0 Å². The van der Waals surface area contributed by atoms with E-state index in [0.717, 1.165) is 25.3 Å². The van der Waals surface area contributed by atoms with Crippen LogP contribution in [0.25, 0.3) is 0 Å². The Morgan fingerprint density at radius 3 is 2.76 bits per heavy atom. The molecular weight excluding hydrogens is 288 g/mol. The molecule has 0 radical (unpaired) electrons. The fourth-order valence-corrected chi connectivity index (χ4v) is 3.80. The summed E-state index contributed by atoms with van der Waals surface area (Å²) in [5.41, 5.74) is 0.725. The zero-order valence-electron chi connectivity index (χ0n) is 12.8. The highest BCUT2D eigenvalue weighted by molar-refractivity contribution is 7.88. The lowest BCUT2D eigenvalue weighted by molar-refractivity contribution is 0.262. The second-order valence-electron chi connectivity index (χ2n) is 6.26. The Morgan fingerprint density at radius 1 is 1.33 bits per heavy atom. The van der Waals surface area contributed by atoms with Crippen molar-refractivity contribution >= 4 is 10.0 Å². The van der Waals surface area contributed by atoms with Crippen molar-refractivity contribution in [1.29, 1.82) is 0 Å². The van der Waals surface area contributed by atoms with E-state index in [9.17, 15) is 8.42 Å². The molecule has 21 heavy (non-hydrogen) atoms. The van der Waals surface area contributed by atoms with Crippen molar-refractivity contribution in [1.82, 2.24) is 10.0 Å². The van der Waals surface area contributed by atoms with Gasteiger partial charge in [0.05, 0.1) is 12.9 Å². The highest BCUT2D eigenvalue weighted by Crippen LogP contribution is 2.32. The Morgan fingerprint density at radius 2 is 2.05 bits per heavy atom. The highest BCUT2D eigenvalue weighted by Gasteiger charge is 2.24. The van der Waals surface area contributed by atoms with E-state index in [1.165, 1.54) is 11.8 Å². The third-order valence-corrected chi connectivity index (χ3v) is 4.43. The molecule has 0 saturated carbocycles. The lowest BCUT2D eigenvalue weighted by Crippen LogP contribution is -2.50. The van der Waals surface area contributed by atoms with Crippen LogP contribution < -0.4 is 14.8 Å². The number of fused-ring (bicyclic) bond motifs is 1. The van der Waals surface area contributed by atoms with Crippen molar-refractivity contribution < 1.29 is 13.2 Å². The summed E-state index contributed by atoms with van der Waals surface area (Å²) < 4.78 is 30.9. The third-order valence-electron chi connectivity index (χ3n) is 3.50. The molecule has 1 aliphatic rings. The fourth-order valence-electron chi connectivity index (χ4n) is 2.72. The lowest BCUT2D eigenvalue weighted by Gasteiger charge is -2.29. The van der Waals surface area contributed by atoms with Crippen LogP contribution in [0.1, 0.15) is 31.7 Å². The average Bonchev–Trinajstić information content (AvgIpc) is 2.36.